The van der Waals surface area contributed by atoms with Gasteiger partial charge in [-0.05, 0) is 12.1 Å². The minimum atomic E-state index is -0.923. The van der Waals surface area contributed by atoms with E-state index < -0.39 is 5.97 Å². The first-order valence-electron chi connectivity index (χ1n) is 4.60. The molecule has 1 aromatic rings. The van der Waals surface area contributed by atoms with Crippen LogP contribution in [0.5, 0.6) is 0 Å². The molecule has 0 fully saturated rings. The SMILES string of the molecule is O=C(O)CCC(=O)CSc1ccccc1. The quantitative estimate of drug-likeness (QED) is 0.753. The van der Waals surface area contributed by atoms with E-state index in [4.69, 9.17) is 5.11 Å². The van der Waals surface area contributed by atoms with Crippen LogP contribution in [-0.4, -0.2) is 22.6 Å². The standard InChI is InChI=1S/C11H12O3S/c12-9(6-7-11(13)14)8-15-10-4-2-1-3-5-10/h1-5H,6-8H2,(H,13,14). The summed E-state index contributed by atoms with van der Waals surface area (Å²) in [7, 11) is 0. The Morgan fingerprint density at radius 3 is 2.40 bits per heavy atom. The fraction of sp³-hybridized carbons (Fsp3) is 0.273. The van der Waals surface area contributed by atoms with Gasteiger partial charge < -0.3 is 5.11 Å². The van der Waals surface area contributed by atoms with Crippen molar-refractivity contribution in [1.82, 2.24) is 0 Å². The van der Waals surface area contributed by atoms with Crippen molar-refractivity contribution in [3.63, 3.8) is 0 Å². The summed E-state index contributed by atoms with van der Waals surface area (Å²) in [5, 5.41) is 8.39. The fourth-order valence-corrected chi connectivity index (χ4v) is 1.82. The molecule has 3 nitrogen and oxygen atoms in total. The molecule has 1 aromatic carbocycles. The third-order valence-electron chi connectivity index (χ3n) is 1.76. The number of thioether (sulfide) groups is 1. The van der Waals surface area contributed by atoms with Crippen molar-refractivity contribution in [3.05, 3.63) is 30.3 Å². The van der Waals surface area contributed by atoms with E-state index in [1.165, 1.54) is 11.8 Å². The summed E-state index contributed by atoms with van der Waals surface area (Å²) < 4.78 is 0. The summed E-state index contributed by atoms with van der Waals surface area (Å²) in [6.07, 6.45) is 0.0450. The van der Waals surface area contributed by atoms with Gasteiger partial charge in [0.05, 0.1) is 12.2 Å². The molecule has 0 atom stereocenters. The molecule has 0 aliphatic rings. The molecule has 0 amide bonds. The highest BCUT2D eigenvalue weighted by molar-refractivity contribution is 8.00. The van der Waals surface area contributed by atoms with E-state index in [0.717, 1.165) is 4.90 Å². The highest BCUT2D eigenvalue weighted by Crippen LogP contribution is 2.17. The van der Waals surface area contributed by atoms with Crippen LogP contribution in [0.25, 0.3) is 0 Å². The Kier molecular flexibility index (Phi) is 4.90. The van der Waals surface area contributed by atoms with E-state index >= 15 is 0 Å². The Bertz CT molecular complexity index is 335. The molecule has 0 aliphatic carbocycles. The molecule has 0 saturated carbocycles. The van der Waals surface area contributed by atoms with Gasteiger partial charge in [0, 0.05) is 11.3 Å². The lowest BCUT2D eigenvalue weighted by molar-refractivity contribution is -0.138. The van der Waals surface area contributed by atoms with E-state index in [0.29, 0.717) is 5.75 Å². The van der Waals surface area contributed by atoms with Crippen LogP contribution in [-0.2, 0) is 9.59 Å². The third-order valence-corrected chi connectivity index (χ3v) is 2.83. The second-order valence-corrected chi connectivity index (χ2v) is 4.08. The van der Waals surface area contributed by atoms with Crippen LogP contribution in [0, 0.1) is 0 Å². The monoisotopic (exact) mass is 224 g/mol. The van der Waals surface area contributed by atoms with Crippen molar-refractivity contribution in [1.29, 1.82) is 0 Å². The van der Waals surface area contributed by atoms with Crippen LogP contribution in [0.15, 0.2) is 35.2 Å². The van der Waals surface area contributed by atoms with Crippen molar-refractivity contribution in [2.75, 3.05) is 5.75 Å². The van der Waals surface area contributed by atoms with E-state index in [-0.39, 0.29) is 18.6 Å². The molecule has 0 heterocycles. The summed E-state index contributed by atoms with van der Waals surface area (Å²) >= 11 is 1.44. The van der Waals surface area contributed by atoms with Gasteiger partial charge in [-0.25, -0.2) is 0 Å². The Morgan fingerprint density at radius 2 is 1.80 bits per heavy atom. The number of carboxylic acid groups (broad SMARTS) is 1. The molecule has 0 aliphatic heterocycles. The molecule has 0 aromatic heterocycles. The number of benzene rings is 1. The van der Waals surface area contributed by atoms with Crippen LogP contribution in [0.2, 0.25) is 0 Å². The summed E-state index contributed by atoms with van der Waals surface area (Å²) in [6.45, 7) is 0. The average molecular weight is 224 g/mol. The van der Waals surface area contributed by atoms with Crippen molar-refractivity contribution in [2.45, 2.75) is 17.7 Å². The number of hydrogen-bond acceptors (Lipinski definition) is 3. The molecule has 0 spiro atoms. The predicted octanol–water partition coefficient (Wildman–Crippen LogP) is 2.21. The molecule has 1 rings (SSSR count). The minimum absolute atomic E-state index is 0.0220. The number of carboxylic acids is 1. The second kappa shape index (κ2) is 6.24. The second-order valence-electron chi connectivity index (χ2n) is 3.03. The summed E-state index contributed by atoms with van der Waals surface area (Å²) in [4.78, 5) is 22.5. The van der Waals surface area contributed by atoms with Crippen molar-refractivity contribution in [2.24, 2.45) is 0 Å². The van der Waals surface area contributed by atoms with Crippen LogP contribution in [0.3, 0.4) is 0 Å². The van der Waals surface area contributed by atoms with E-state index in [1.807, 2.05) is 30.3 Å². The first-order valence-corrected chi connectivity index (χ1v) is 5.58. The number of rotatable bonds is 6. The average Bonchev–Trinajstić information content (AvgIpc) is 2.25. The van der Waals surface area contributed by atoms with Gasteiger partial charge in [0.25, 0.3) is 0 Å². The van der Waals surface area contributed by atoms with E-state index in [9.17, 15) is 9.59 Å². The van der Waals surface area contributed by atoms with Crippen molar-refractivity contribution >= 4 is 23.5 Å². The smallest absolute Gasteiger partial charge is 0.303 e. The van der Waals surface area contributed by atoms with Gasteiger partial charge >= 0.3 is 5.97 Å². The minimum Gasteiger partial charge on any atom is -0.481 e. The lowest BCUT2D eigenvalue weighted by atomic mass is 10.2. The number of ketones is 1. The third kappa shape index (κ3) is 5.22. The van der Waals surface area contributed by atoms with Gasteiger partial charge in [-0.1, -0.05) is 18.2 Å². The number of Topliss-reactive ketones (excluding diaryl/α,β-unsaturated/α-hetero) is 1. The molecule has 0 saturated heterocycles. The van der Waals surface area contributed by atoms with Crippen LogP contribution >= 0.6 is 11.8 Å². The molecule has 0 unspecified atom stereocenters. The van der Waals surface area contributed by atoms with Gasteiger partial charge in [-0.2, -0.15) is 0 Å². The lowest BCUT2D eigenvalue weighted by Gasteiger charge is -1.99. The Labute approximate surface area is 92.5 Å². The molecule has 0 radical (unpaired) electrons. The number of carbonyl (C=O) groups is 2. The van der Waals surface area contributed by atoms with Crippen molar-refractivity contribution < 1.29 is 14.7 Å². The van der Waals surface area contributed by atoms with Gasteiger partial charge in [-0.15, -0.1) is 11.8 Å². The number of hydrogen-bond donors (Lipinski definition) is 1. The Balaban J connectivity index is 2.26. The topological polar surface area (TPSA) is 54.4 Å². The number of carbonyl (C=O) groups excluding carboxylic acids is 1. The highest BCUT2D eigenvalue weighted by Gasteiger charge is 2.05. The van der Waals surface area contributed by atoms with Gasteiger partial charge in [-0.3, -0.25) is 9.59 Å². The first-order chi connectivity index (χ1) is 7.18. The lowest BCUT2D eigenvalue weighted by Crippen LogP contribution is -2.05. The molecular formula is C11H12O3S. The maximum atomic E-state index is 11.2. The van der Waals surface area contributed by atoms with Gasteiger partial charge in [0.1, 0.15) is 5.78 Å². The predicted molar refractivity (Wildman–Crippen MR) is 59.0 cm³/mol. The molecule has 1 N–H and O–H groups in total. The number of aliphatic carboxylic acids is 1. The maximum Gasteiger partial charge on any atom is 0.303 e. The van der Waals surface area contributed by atoms with Gasteiger partial charge in [0.2, 0.25) is 0 Å². The van der Waals surface area contributed by atoms with E-state index in [1.54, 1.807) is 0 Å². The summed E-state index contributed by atoms with van der Waals surface area (Å²) in [6, 6.07) is 9.58. The van der Waals surface area contributed by atoms with Gasteiger partial charge in [0.15, 0.2) is 0 Å². The fourth-order valence-electron chi connectivity index (χ4n) is 0.999. The zero-order valence-corrected chi connectivity index (χ0v) is 9.00. The normalized spacial score (nSPS) is 9.87. The molecule has 0 bridgehead atoms. The van der Waals surface area contributed by atoms with Crippen LogP contribution in [0.4, 0.5) is 0 Å². The Morgan fingerprint density at radius 1 is 1.13 bits per heavy atom. The zero-order chi connectivity index (χ0) is 11.1. The molecule has 80 valence electrons. The summed E-state index contributed by atoms with van der Waals surface area (Å²) in [5.74, 6) is -0.601. The molecule has 4 heteroatoms. The van der Waals surface area contributed by atoms with Crippen LogP contribution in [0.1, 0.15) is 12.8 Å². The first kappa shape index (κ1) is 11.8. The van der Waals surface area contributed by atoms with Crippen LogP contribution < -0.4 is 0 Å². The molecule has 15 heavy (non-hydrogen) atoms. The van der Waals surface area contributed by atoms with E-state index in [2.05, 4.69) is 0 Å². The Hall–Kier alpha value is -1.29. The maximum absolute atomic E-state index is 11.2. The highest BCUT2D eigenvalue weighted by atomic mass is 32.2. The zero-order valence-electron chi connectivity index (χ0n) is 8.18. The largest absolute Gasteiger partial charge is 0.481 e. The summed E-state index contributed by atoms with van der Waals surface area (Å²) in [5.41, 5.74) is 0. The molecular weight excluding hydrogens is 212 g/mol. The van der Waals surface area contributed by atoms with Crippen molar-refractivity contribution in [3.8, 4) is 0 Å².